The molecule has 0 radical (unpaired) electrons. The fourth-order valence-electron chi connectivity index (χ4n) is 1.85. The van der Waals surface area contributed by atoms with Crippen LogP contribution in [0.25, 0.3) is 0 Å². The predicted molar refractivity (Wildman–Crippen MR) is 90.9 cm³/mol. The van der Waals surface area contributed by atoms with Gasteiger partial charge in [-0.05, 0) is 38.5 Å². The number of rotatable bonds is 3. The van der Waals surface area contributed by atoms with Crippen LogP contribution >= 0.6 is 0 Å². The van der Waals surface area contributed by atoms with Gasteiger partial charge in [-0.15, -0.1) is 4.36 Å². The van der Waals surface area contributed by atoms with Gasteiger partial charge in [0.05, 0.1) is 0 Å². The first-order valence-electron chi connectivity index (χ1n) is 7.19. The third-order valence-corrected chi connectivity index (χ3v) is 4.53. The lowest BCUT2D eigenvalue weighted by Crippen LogP contribution is -2.22. The van der Waals surface area contributed by atoms with E-state index in [0.29, 0.717) is 5.75 Å². The van der Waals surface area contributed by atoms with E-state index < -0.39 is 22.4 Å². The summed E-state index contributed by atoms with van der Waals surface area (Å²) < 4.78 is 9.62. The maximum Gasteiger partial charge on any atom is 0.440 e. The highest BCUT2D eigenvalue weighted by atomic mass is 32.2. The van der Waals surface area contributed by atoms with E-state index >= 15 is 0 Å². The van der Waals surface area contributed by atoms with Gasteiger partial charge in [-0.2, -0.15) is 0 Å². The summed E-state index contributed by atoms with van der Waals surface area (Å²) in [4.78, 5) is 13.1. The second-order valence-corrected chi connectivity index (χ2v) is 7.55. The molecule has 0 spiro atoms. The van der Waals surface area contributed by atoms with E-state index in [1.807, 2.05) is 81.4 Å². The van der Waals surface area contributed by atoms with Gasteiger partial charge in [-0.3, -0.25) is 0 Å². The third kappa shape index (κ3) is 5.45. The number of benzene rings is 2. The number of carbonyl (C=O) groups is 1. The monoisotopic (exact) mass is 315 g/mol. The molecule has 2 aromatic rings. The zero-order valence-electron chi connectivity index (χ0n) is 13.2. The molecule has 3 nitrogen and oxygen atoms in total. The van der Waals surface area contributed by atoms with Crippen molar-refractivity contribution in [1.29, 1.82) is 0 Å². The van der Waals surface area contributed by atoms with Gasteiger partial charge < -0.3 is 4.74 Å². The van der Waals surface area contributed by atoms with Crippen LogP contribution in [0.3, 0.4) is 0 Å². The second-order valence-electron chi connectivity index (χ2n) is 5.88. The van der Waals surface area contributed by atoms with Crippen LogP contribution in [0.4, 0.5) is 4.79 Å². The zero-order chi connectivity index (χ0) is 16.0. The number of ether oxygens (including phenoxy) is 1. The van der Waals surface area contributed by atoms with Crippen molar-refractivity contribution in [3.8, 4) is 0 Å². The lowest BCUT2D eigenvalue weighted by molar-refractivity contribution is 0.0608. The SMILES string of the molecule is CC(C)(C)OC(=O)/N=S(/Cc1ccccc1)c1ccccc1. The van der Waals surface area contributed by atoms with Crippen molar-refractivity contribution < 1.29 is 9.53 Å². The molecule has 0 aromatic heterocycles. The number of hydrogen-bond donors (Lipinski definition) is 0. The van der Waals surface area contributed by atoms with Crippen molar-refractivity contribution in [2.75, 3.05) is 0 Å². The van der Waals surface area contributed by atoms with Crippen LogP contribution < -0.4 is 0 Å². The molecule has 0 aliphatic carbocycles. The Morgan fingerprint density at radius 3 is 2.09 bits per heavy atom. The van der Waals surface area contributed by atoms with Crippen molar-refractivity contribution in [2.45, 2.75) is 37.0 Å². The molecule has 2 rings (SSSR count). The molecule has 0 aliphatic rings. The molecule has 0 N–H and O–H groups in total. The second kappa shape index (κ2) is 7.36. The summed E-state index contributed by atoms with van der Waals surface area (Å²) in [5.41, 5.74) is 0.626. The Bertz CT molecular complexity index is 646. The molecular weight excluding hydrogens is 294 g/mol. The van der Waals surface area contributed by atoms with Gasteiger partial charge in [0.15, 0.2) is 0 Å². The van der Waals surface area contributed by atoms with E-state index in [4.69, 9.17) is 4.74 Å². The average Bonchev–Trinajstić information content (AvgIpc) is 2.47. The number of amides is 1. The lowest BCUT2D eigenvalue weighted by Gasteiger charge is -2.18. The average molecular weight is 315 g/mol. The third-order valence-electron chi connectivity index (χ3n) is 2.74. The molecule has 116 valence electrons. The summed E-state index contributed by atoms with van der Waals surface area (Å²) in [6, 6.07) is 20.0. The summed E-state index contributed by atoms with van der Waals surface area (Å²) in [6.07, 6.45) is -0.504. The van der Waals surface area contributed by atoms with Crippen LogP contribution in [-0.4, -0.2) is 11.7 Å². The molecule has 0 saturated heterocycles. The molecule has 1 unspecified atom stereocenters. The van der Waals surface area contributed by atoms with Gasteiger partial charge in [0.2, 0.25) is 0 Å². The smallest absolute Gasteiger partial charge is 0.440 e. The van der Waals surface area contributed by atoms with Gasteiger partial charge >= 0.3 is 6.09 Å². The fourth-order valence-corrected chi connectivity index (χ4v) is 3.38. The van der Waals surface area contributed by atoms with Gasteiger partial charge in [-0.25, -0.2) is 4.79 Å². The Morgan fingerprint density at radius 2 is 1.55 bits per heavy atom. The maximum absolute atomic E-state index is 12.1. The van der Waals surface area contributed by atoms with Crippen molar-refractivity contribution in [3.63, 3.8) is 0 Å². The fraction of sp³-hybridized carbons (Fsp3) is 0.278. The Labute approximate surface area is 134 Å². The van der Waals surface area contributed by atoms with Crippen LogP contribution in [-0.2, 0) is 21.2 Å². The van der Waals surface area contributed by atoms with E-state index in [9.17, 15) is 4.79 Å². The zero-order valence-corrected chi connectivity index (χ0v) is 14.0. The molecule has 22 heavy (non-hydrogen) atoms. The van der Waals surface area contributed by atoms with E-state index in [1.165, 1.54) is 0 Å². The van der Waals surface area contributed by atoms with Gasteiger partial charge in [-0.1, -0.05) is 59.2 Å². The summed E-state index contributed by atoms with van der Waals surface area (Å²) in [5, 5.41) is 0. The van der Waals surface area contributed by atoms with Crippen molar-refractivity contribution in [2.24, 2.45) is 4.36 Å². The largest absolute Gasteiger partial charge is 0.442 e. The van der Waals surface area contributed by atoms with Crippen LogP contribution in [0, 0.1) is 0 Å². The van der Waals surface area contributed by atoms with Crippen molar-refractivity contribution in [1.82, 2.24) is 0 Å². The Balaban J connectivity index is 2.28. The summed E-state index contributed by atoms with van der Waals surface area (Å²) >= 11 is 0. The molecule has 1 atom stereocenters. The number of nitrogens with zero attached hydrogens (tertiary/aromatic N) is 1. The molecule has 0 aliphatic heterocycles. The van der Waals surface area contributed by atoms with E-state index in [0.717, 1.165) is 10.5 Å². The quantitative estimate of drug-likeness (QED) is 0.801. The summed E-state index contributed by atoms with van der Waals surface area (Å²) in [6.45, 7) is 5.54. The summed E-state index contributed by atoms with van der Waals surface area (Å²) in [5.74, 6) is 0.699. The first kappa shape index (κ1) is 16.4. The first-order valence-corrected chi connectivity index (χ1v) is 8.54. The van der Waals surface area contributed by atoms with E-state index in [1.54, 1.807) is 0 Å². The minimum absolute atomic E-state index is 0.504. The normalized spacial score (nSPS) is 12.9. The predicted octanol–water partition coefficient (Wildman–Crippen LogP) is 4.98. The molecule has 0 bridgehead atoms. The summed E-state index contributed by atoms with van der Waals surface area (Å²) in [7, 11) is -0.553. The minimum atomic E-state index is -0.553. The molecule has 0 fully saturated rings. The highest BCUT2D eigenvalue weighted by Crippen LogP contribution is 2.16. The van der Waals surface area contributed by atoms with Crippen LogP contribution in [0.15, 0.2) is 69.9 Å². The highest BCUT2D eigenvalue weighted by Gasteiger charge is 2.16. The number of carbonyl (C=O) groups excluding carboxylic acids is 1. The van der Waals surface area contributed by atoms with Crippen LogP contribution in [0.1, 0.15) is 26.3 Å². The van der Waals surface area contributed by atoms with Gasteiger partial charge in [0.1, 0.15) is 5.60 Å². The van der Waals surface area contributed by atoms with E-state index in [-0.39, 0.29) is 0 Å². The van der Waals surface area contributed by atoms with Gasteiger partial charge in [0, 0.05) is 10.6 Å². The first-order chi connectivity index (χ1) is 10.4. The number of hydrogen-bond acceptors (Lipinski definition) is 2. The minimum Gasteiger partial charge on any atom is -0.442 e. The molecule has 1 amide bonds. The van der Waals surface area contributed by atoms with Crippen LogP contribution in [0.5, 0.6) is 0 Å². The molecule has 0 saturated carbocycles. The molecule has 4 heteroatoms. The molecular formula is C18H21NO2S. The van der Waals surface area contributed by atoms with E-state index in [2.05, 4.69) is 4.36 Å². The van der Waals surface area contributed by atoms with Gasteiger partial charge in [0.25, 0.3) is 0 Å². The lowest BCUT2D eigenvalue weighted by atomic mass is 10.2. The van der Waals surface area contributed by atoms with Crippen LogP contribution in [0.2, 0.25) is 0 Å². The standard InChI is InChI=1S/C18H21NO2S/c1-18(2,3)21-17(20)19-22(16-12-8-5-9-13-16)14-15-10-6-4-7-11-15/h4-13H,14H2,1-3H3. The highest BCUT2D eigenvalue weighted by molar-refractivity contribution is 7.86. The molecule has 0 heterocycles. The maximum atomic E-state index is 12.1. The van der Waals surface area contributed by atoms with Crippen molar-refractivity contribution in [3.05, 3.63) is 66.2 Å². The Kier molecular flexibility index (Phi) is 5.50. The van der Waals surface area contributed by atoms with Crippen molar-refractivity contribution >= 4 is 16.8 Å². The Hall–Kier alpha value is -1.94. The Morgan fingerprint density at radius 1 is 1.00 bits per heavy atom. The molecule has 2 aromatic carbocycles. The topological polar surface area (TPSA) is 38.7 Å².